The lowest BCUT2D eigenvalue weighted by Crippen LogP contribution is -2.57. The summed E-state index contributed by atoms with van der Waals surface area (Å²) in [5.41, 5.74) is 2.31. The molecule has 1 spiro atoms. The van der Waals surface area contributed by atoms with Gasteiger partial charge < -0.3 is 29.8 Å². The van der Waals surface area contributed by atoms with Gasteiger partial charge in [0, 0.05) is 52.4 Å². The molecule has 0 radical (unpaired) electrons. The van der Waals surface area contributed by atoms with E-state index in [1.165, 1.54) is 71.7 Å². The standard InChI is InChI=1S/C32H33F2N5O7S/c1-19(25-16-22(18-47-25)28(35)38-46-20(2)40)37-30(43)27-31(44-14-15-45-31)12-13-39(27)26(41)17-36-29(42)21-8-10-24(11-9-21)32(33,34)23-6-4-3-5-7-23/h3-11,16,18-19,27H,12-15,17H2,1-2H3,(H2,35,38)(H,36,42)(H,37,43)/t19-,27-/m1/s1. The third kappa shape index (κ3) is 7.32. The van der Waals surface area contributed by atoms with E-state index in [4.69, 9.17) is 14.9 Å². The second kappa shape index (κ2) is 13.9. The van der Waals surface area contributed by atoms with E-state index in [1.807, 2.05) is 0 Å². The Kier molecular flexibility index (Phi) is 9.98. The molecule has 3 aromatic rings. The molecule has 0 aliphatic carbocycles. The van der Waals surface area contributed by atoms with Crippen molar-refractivity contribution in [1.29, 1.82) is 5.41 Å². The number of rotatable bonds is 9. The molecule has 12 nitrogen and oxygen atoms in total. The second-order valence-corrected chi connectivity index (χ2v) is 11.9. The number of alkyl halides is 2. The minimum absolute atomic E-state index is 0.0836. The lowest BCUT2D eigenvalue weighted by molar-refractivity contribution is -0.183. The van der Waals surface area contributed by atoms with Gasteiger partial charge in [-0.3, -0.25) is 24.6 Å². The van der Waals surface area contributed by atoms with E-state index in [0.29, 0.717) is 10.4 Å². The molecule has 2 fully saturated rings. The number of carbonyl (C=O) groups is 4. The van der Waals surface area contributed by atoms with Crippen LogP contribution in [-0.4, -0.2) is 72.6 Å². The van der Waals surface area contributed by atoms with Gasteiger partial charge in [-0.1, -0.05) is 42.5 Å². The van der Waals surface area contributed by atoms with Crippen molar-refractivity contribution in [2.24, 2.45) is 0 Å². The van der Waals surface area contributed by atoms with Crippen LogP contribution >= 0.6 is 11.3 Å². The summed E-state index contributed by atoms with van der Waals surface area (Å²) in [6.45, 7) is 3.09. The number of nitrogens with zero attached hydrogens (tertiary/aromatic N) is 1. The van der Waals surface area contributed by atoms with Crippen molar-refractivity contribution >= 4 is 40.9 Å². The Morgan fingerprint density at radius 3 is 2.38 bits per heavy atom. The summed E-state index contributed by atoms with van der Waals surface area (Å²) in [6, 6.07) is 12.2. The first-order chi connectivity index (χ1) is 22.4. The van der Waals surface area contributed by atoms with Crippen molar-refractivity contribution in [3.8, 4) is 0 Å². The molecule has 2 atom stereocenters. The summed E-state index contributed by atoms with van der Waals surface area (Å²) in [7, 11) is 0. The fraction of sp³-hybridized carbons (Fsp3) is 0.344. The highest BCUT2D eigenvalue weighted by Gasteiger charge is 2.57. The Hall–Kier alpha value is -4.73. The van der Waals surface area contributed by atoms with Crippen LogP contribution in [-0.2, 0) is 34.6 Å². The molecule has 0 bridgehead atoms. The van der Waals surface area contributed by atoms with Crippen molar-refractivity contribution in [2.45, 2.75) is 44.1 Å². The van der Waals surface area contributed by atoms with Crippen molar-refractivity contribution in [2.75, 3.05) is 26.3 Å². The maximum atomic E-state index is 14.9. The molecule has 15 heteroatoms. The van der Waals surface area contributed by atoms with E-state index in [2.05, 4.69) is 21.0 Å². The van der Waals surface area contributed by atoms with Crippen LogP contribution in [0.5, 0.6) is 0 Å². The third-order valence-corrected chi connectivity index (χ3v) is 8.93. The number of halogens is 2. The van der Waals surface area contributed by atoms with Gasteiger partial charge >= 0.3 is 5.97 Å². The molecule has 2 aliphatic heterocycles. The van der Waals surface area contributed by atoms with Crippen LogP contribution in [0.1, 0.15) is 58.2 Å². The van der Waals surface area contributed by atoms with Crippen LogP contribution in [0.15, 0.2) is 66.0 Å². The highest BCUT2D eigenvalue weighted by molar-refractivity contribution is 7.10. The number of benzene rings is 2. The average molecular weight is 670 g/mol. The van der Waals surface area contributed by atoms with Crippen LogP contribution < -0.4 is 16.1 Å². The van der Waals surface area contributed by atoms with E-state index in [-0.39, 0.29) is 48.7 Å². The average Bonchev–Trinajstić information content (AvgIpc) is 3.84. The Labute approximate surface area is 272 Å². The summed E-state index contributed by atoms with van der Waals surface area (Å²) < 4.78 is 41.5. The van der Waals surface area contributed by atoms with Crippen LogP contribution in [0.4, 0.5) is 8.78 Å². The number of carbonyl (C=O) groups excluding carboxylic acids is 4. The molecule has 3 amide bonds. The third-order valence-electron chi connectivity index (χ3n) is 7.81. The fourth-order valence-corrected chi connectivity index (χ4v) is 6.33. The minimum atomic E-state index is -3.26. The number of hydroxylamine groups is 1. The van der Waals surface area contributed by atoms with Crippen LogP contribution in [0.3, 0.4) is 0 Å². The Morgan fingerprint density at radius 2 is 1.72 bits per heavy atom. The molecule has 4 N–H and O–H groups in total. The van der Waals surface area contributed by atoms with E-state index in [9.17, 15) is 28.0 Å². The molecule has 3 heterocycles. The molecule has 0 unspecified atom stereocenters. The van der Waals surface area contributed by atoms with E-state index < -0.39 is 54.0 Å². The van der Waals surface area contributed by atoms with Gasteiger partial charge in [0.1, 0.15) is 0 Å². The summed E-state index contributed by atoms with van der Waals surface area (Å²) in [5, 5.41) is 15.1. The lowest BCUT2D eigenvalue weighted by Gasteiger charge is -2.33. The second-order valence-electron chi connectivity index (χ2n) is 11.0. The smallest absolute Gasteiger partial charge is 0.329 e. The fourth-order valence-electron chi connectivity index (χ4n) is 5.42. The first-order valence-corrected chi connectivity index (χ1v) is 15.6. The van der Waals surface area contributed by atoms with Crippen LogP contribution in [0, 0.1) is 5.41 Å². The largest absolute Gasteiger partial charge is 0.347 e. The number of amides is 3. The van der Waals surface area contributed by atoms with Gasteiger partial charge in [-0.25, -0.2) is 5.48 Å². The summed E-state index contributed by atoms with van der Waals surface area (Å²) in [5.74, 6) is -7.08. The normalized spacial score (nSPS) is 17.6. The Balaban J connectivity index is 1.22. The maximum Gasteiger partial charge on any atom is 0.329 e. The minimum Gasteiger partial charge on any atom is -0.347 e. The van der Waals surface area contributed by atoms with Gasteiger partial charge in [-0.15, -0.1) is 11.3 Å². The van der Waals surface area contributed by atoms with Crippen molar-refractivity contribution < 1.29 is 42.3 Å². The molecule has 0 saturated carbocycles. The molecule has 1 aromatic heterocycles. The molecule has 2 aliphatic rings. The van der Waals surface area contributed by atoms with Gasteiger partial charge in [0.2, 0.25) is 11.8 Å². The summed E-state index contributed by atoms with van der Waals surface area (Å²) in [6.07, 6.45) is 0.234. The number of amidine groups is 1. The Morgan fingerprint density at radius 1 is 1.06 bits per heavy atom. The molecule has 47 heavy (non-hydrogen) atoms. The van der Waals surface area contributed by atoms with Crippen molar-refractivity contribution in [1.82, 2.24) is 21.0 Å². The molecule has 2 saturated heterocycles. The lowest BCUT2D eigenvalue weighted by atomic mass is 9.99. The van der Waals surface area contributed by atoms with Crippen LogP contribution in [0.25, 0.3) is 0 Å². The number of thiophene rings is 1. The topological polar surface area (TPSA) is 159 Å². The van der Waals surface area contributed by atoms with Gasteiger partial charge in [-0.05, 0) is 25.1 Å². The van der Waals surface area contributed by atoms with E-state index in [1.54, 1.807) is 24.4 Å². The molecule has 2 aromatic carbocycles. The maximum absolute atomic E-state index is 14.9. The molecular weight excluding hydrogens is 636 g/mol. The van der Waals surface area contributed by atoms with Gasteiger partial charge in [-0.2, -0.15) is 8.78 Å². The zero-order valence-electron chi connectivity index (χ0n) is 25.5. The summed E-state index contributed by atoms with van der Waals surface area (Å²) >= 11 is 1.28. The highest BCUT2D eigenvalue weighted by Crippen LogP contribution is 2.38. The van der Waals surface area contributed by atoms with E-state index in [0.717, 1.165) is 0 Å². The SMILES string of the molecule is CC(=O)ONC(=N)c1csc([C@@H](C)NC(=O)[C@H]2N(C(=O)CNC(=O)c3ccc(C(F)(F)c4ccccc4)cc3)CCC23OCCO3)c1. The van der Waals surface area contributed by atoms with Crippen molar-refractivity contribution in [3.63, 3.8) is 0 Å². The quantitative estimate of drug-likeness (QED) is 0.154. The van der Waals surface area contributed by atoms with Crippen LogP contribution in [0.2, 0.25) is 0 Å². The zero-order valence-corrected chi connectivity index (χ0v) is 26.3. The number of hydrogen-bond donors (Lipinski definition) is 4. The zero-order chi connectivity index (χ0) is 33.8. The summed E-state index contributed by atoms with van der Waals surface area (Å²) in [4.78, 5) is 57.6. The van der Waals surface area contributed by atoms with Gasteiger partial charge in [0.05, 0.1) is 25.8 Å². The number of ether oxygens (including phenoxy) is 2. The monoisotopic (exact) mass is 669 g/mol. The number of likely N-dealkylation sites (tertiary alicyclic amines) is 1. The number of nitrogens with one attached hydrogen (secondary N) is 4. The van der Waals surface area contributed by atoms with E-state index >= 15 is 0 Å². The first kappa shape index (κ1) is 33.6. The molecule has 248 valence electrons. The predicted molar refractivity (Wildman–Crippen MR) is 166 cm³/mol. The predicted octanol–water partition coefficient (Wildman–Crippen LogP) is 3.23. The Bertz CT molecular complexity index is 1640. The highest BCUT2D eigenvalue weighted by atomic mass is 32.1. The van der Waals surface area contributed by atoms with Gasteiger partial charge in [0.25, 0.3) is 11.8 Å². The first-order valence-electron chi connectivity index (χ1n) is 14.7. The molecular formula is C32H33F2N5O7S. The number of hydrogen-bond acceptors (Lipinski definition) is 9. The molecule has 5 rings (SSSR count). The van der Waals surface area contributed by atoms with Crippen molar-refractivity contribution in [3.05, 3.63) is 93.2 Å². The van der Waals surface area contributed by atoms with Gasteiger partial charge in [0.15, 0.2) is 17.7 Å².